The number of aromatic nitrogens is 1. The van der Waals surface area contributed by atoms with Crippen LogP contribution in [0.1, 0.15) is 64.2 Å². The van der Waals surface area contributed by atoms with Crippen LogP contribution in [0.25, 0.3) is 0 Å². The molecule has 2 N–H and O–H groups in total. The number of rotatable bonds is 14. The van der Waals surface area contributed by atoms with Gasteiger partial charge in [-0.15, -0.1) is 0 Å². The van der Waals surface area contributed by atoms with Crippen molar-refractivity contribution in [2.45, 2.75) is 70.3 Å². The number of unbranched alkanes of at least 4 members (excludes halogenated alkanes) is 3. The fourth-order valence-corrected chi connectivity index (χ4v) is 6.76. The van der Waals surface area contributed by atoms with Crippen LogP contribution in [-0.4, -0.2) is 86.4 Å². The summed E-state index contributed by atoms with van der Waals surface area (Å²) in [6.45, 7) is 5.56. The molecule has 198 valence electrons. The van der Waals surface area contributed by atoms with Crippen molar-refractivity contribution in [3.05, 3.63) is 24.5 Å². The molecule has 0 spiro atoms. The van der Waals surface area contributed by atoms with Gasteiger partial charge in [-0.25, -0.2) is 13.2 Å². The third kappa shape index (κ3) is 10.4. The fourth-order valence-electron chi connectivity index (χ4n) is 4.89. The van der Waals surface area contributed by atoms with E-state index in [0.29, 0.717) is 25.2 Å². The summed E-state index contributed by atoms with van der Waals surface area (Å²) in [5.74, 6) is 0.219. The first-order valence-corrected chi connectivity index (χ1v) is 14.9. The molecule has 1 aromatic heterocycles. The second-order valence-electron chi connectivity index (χ2n) is 9.56. The van der Waals surface area contributed by atoms with E-state index in [2.05, 4.69) is 20.5 Å². The molecule has 2 heterocycles. The molecule has 1 saturated carbocycles. The Hall–Kier alpha value is -1.75. The predicted octanol–water partition coefficient (Wildman–Crippen LogP) is 3.45. The number of carbonyl (C=O) groups is 1. The number of sulfonamides is 1. The Morgan fingerprint density at radius 2 is 1.74 bits per heavy atom. The van der Waals surface area contributed by atoms with Crippen LogP contribution in [0.15, 0.2) is 24.5 Å². The summed E-state index contributed by atoms with van der Waals surface area (Å²) < 4.78 is 33.8. The number of nitrogens with zero attached hydrogens (tertiary/aromatic N) is 3. The normalized spacial score (nSPS) is 18.0. The molecule has 0 unspecified atom stereocenters. The minimum Gasteiger partial charge on any atom is -0.379 e. The maximum Gasteiger partial charge on any atom is 0.319 e. The Morgan fingerprint density at radius 1 is 1.03 bits per heavy atom. The topological polar surface area (TPSA) is 104 Å². The number of morpholine rings is 1. The molecule has 1 aromatic rings. The molecule has 0 aromatic carbocycles. The van der Waals surface area contributed by atoms with Crippen molar-refractivity contribution in [2.24, 2.45) is 0 Å². The molecule has 1 saturated heterocycles. The van der Waals surface area contributed by atoms with E-state index in [1.165, 1.54) is 6.42 Å². The van der Waals surface area contributed by atoms with Crippen LogP contribution in [0, 0.1) is 0 Å². The highest BCUT2D eigenvalue weighted by Gasteiger charge is 2.30. The van der Waals surface area contributed by atoms with E-state index >= 15 is 0 Å². The van der Waals surface area contributed by atoms with Gasteiger partial charge < -0.3 is 15.4 Å². The molecule has 3 rings (SSSR count). The van der Waals surface area contributed by atoms with E-state index in [1.54, 1.807) is 24.5 Å². The molecule has 2 amide bonds. The van der Waals surface area contributed by atoms with Gasteiger partial charge in [-0.05, 0) is 50.8 Å². The van der Waals surface area contributed by atoms with E-state index in [4.69, 9.17) is 4.74 Å². The second kappa shape index (κ2) is 15.4. The average Bonchev–Trinajstić information content (AvgIpc) is 2.87. The Kier molecular flexibility index (Phi) is 12.2. The van der Waals surface area contributed by atoms with Gasteiger partial charge in [-0.1, -0.05) is 32.1 Å². The standard InChI is InChI=1S/C25H43N5O4S/c31-25(28-23-11-14-26-15-12-23)27-13-6-1-2-7-22-35(32,33)30(24-9-4-3-5-10-24)17-8-16-29-18-20-34-21-19-29/h11-12,14-15,24H,1-10,13,16-22H2,(H2,26,27,28,31). The van der Waals surface area contributed by atoms with Crippen molar-refractivity contribution in [1.29, 1.82) is 0 Å². The summed E-state index contributed by atoms with van der Waals surface area (Å²) in [4.78, 5) is 18.2. The van der Waals surface area contributed by atoms with Crippen molar-refractivity contribution in [3.63, 3.8) is 0 Å². The van der Waals surface area contributed by atoms with E-state index in [9.17, 15) is 13.2 Å². The lowest BCUT2D eigenvalue weighted by molar-refractivity contribution is 0.0365. The number of amides is 2. The number of carbonyl (C=O) groups excluding carboxylic acids is 1. The van der Waals surface area contributed by atoms with Gasteiger partial charge in [0.15, 0.2) is 0 Å². The zero-order valence-electron chi connectivity index (χ0n) is 21.0. The third-order valence-corrected chi connectivity index (χ3v) is 8.85. The first-order valence-electron chi connectivity index (χ1n) is 13.3. The van der Waals surface area contributed by atoms with Gasteiger partial charge in [0, 0.05) is 50.3 Å². The van der Waals surface area contributed by atoms with Crippen LogP contribution in [0.4, 0.5) is 10.5 Å². The molecular formula is C25H43N5O4S. The summed E-state index contributed by atoms with van der Waals surface area (Å²) in [5, 5.41) is 5.60. The number of hydrogen-bond acceptors (Lipinski definition) is 6. The largest absolute Gasteiger partial charge is 0.379 e. The zero-order valence-corrected chi connectivity index (χ0v) is 21.8. The van der Waals surface area contributed by atoms with Crippen molar-refractivity contribution in [3.8, 4) is 0 Å². The van der Waals surface area contributed by atoms with Crippen LogP contribution in [0.2, 0.25) is 0 Å². The number of pyridine rings is 1. The predicted molar refractivity (Wildman–Crippen MR) is 139 cm³/mol. The number of nitrogens with one attached hydrogen (secondary N) is 2. The first kappa shape index (κ1) is 27.8. The lowest BCUT2D eigenvalue weighted by Gasteiger charge is -2.34. The molecule has 9 nitrogen and oxygen atoms in total. The molecule has 0 radical (unpaired) electrons. The van der Waals surface area contributed by atoms with Crippen LogP contribution in [0.5, 0.6) is 0 Å². The molecule has 1 aliphatic heterocycles. The van der Waals surface area contributed by atoms with Crippen molar-refractivity contribution >= 4 is 21.7 Å². The number of ether oxygens (including phenoxy) is 1. The maximum atomic E-state index is 13.3. The highest BCUT2D eigenvalue weighted by Crippen LogP contribution is 2.26. The summed E-state index contributed by atoms with van der Waals surface area (Å²) >= 11 is 0. The van der Waals surface area contributed by atoms with Gasteiger partial charge in [-0.3, -0.25) is 9.88 Å². The monoisotopic (exact) mass is 509 g/mol. The van der Waals surface area contributed by atoms with Gasteiger partial charge in [0.25, 0.3) is 0 Å². The summed E-state index contributed by atoms with van der Waals surface area (Å²) in [5.41, 5.74) is 0.704. The fraction of sp³-hybridized carbons (Fsp3) is 0.760. The molecule has 2 fully saturated rings. The van der Waals surface area contributed by atoms with Crippen molar-refractivity contribution in [1.82, 2.24) is 19.5 Å². The van der Waals surface area contributed by atoms with Gasteiger partial charge in [0.1, 0.15) is 0 Å². The SMILES string of the molecule is O=C(NCCCCCCS(=O)(=O)N(CCCN1CCOCC1)C1CCCCC1)Nc1ccncc1. The lowest BCUT2D eigenvalue weighted by atomic mass is 9.95. The molecule has 10 heteroatoms. The first-order chi connectivity index (χ1) is 17.0. The van der Waals surface area contributed by atoms with E-state index in [0.717, 1.165) is 84.2 Å². The highest BCUT2D eigenvalue weighted by molar-refractivity contribution is 7.89. The van der Waals surface area contributed by atoms with Crippen LogP contribution in [-0.2, 0) is 14.8 Å². The average molecular weight is 510 g/mol. The number of urea groups is 1. The Bertz CT molecular complexity index is 828. The lowest BCUT2D eigenvalue weighted by Crippen LogP contribution is -2.44. The minimum atomic E-state index is -3.26. The summed E-state index contributed by atoms with van der Waals surface area (Å²) in [6.07, 6.45) is 12.8. The summed E-state index contributed by atoms with van der Waals surface area (Å²) in [7, 11) is -3.26. The van der Waals surface area contributed by atoms with Crippen LogP contribution in [0.3, 0.4) is 0 Å². The van der Waals surface area contributed by atoms with Crippen LogP contribution >= 0.6 is 0 Å². The van der Waals surface area contributed by atoms with Crippen molar-refractivity contribution < 1.29 is 17.9 Å². The Morgan fingerprint density at radius 3 is 2.49 bits per heavy atom. The maximum absolute atomic E-state index is 13.3. The van der Waals surface area contributed by atoms with Gasteiger partial charge in [0.05, 0.1) is 19.0 Å². The molecule has 0 bridgehead atoms. The zero-order chi connectivity index (χ0) is 24.8. The number of anilines is 1. The van der Waals surface area contributed by atoms with E-state index in [1.807, 2.05) is 4.31 Å². The number of hydrogen-bond donors (Lipinski definition) is 2. The molecule has 2 aliphatic rings. The molecule has 35 heavy (non-hydrogen) atoms. The van der Waals surface area contributed by atoms with Crippen LogP contribution < -0.4 is 10.6 Å². The molecular weight excluding hydrogens is 466 g/mol. The summed E-state index contributed by atoms with van der Waals surface area (Å²) in [6, 6.07) is 3.40. The van der Waals surface area contributed by atoms with Gasteiger partial charge in [-0.2, -0.15) is 4.31 Å². The quantitative estimate of drug-likeness (QED) is 0.372. The molecule has 1 aliphatic carbocycles. The second-order valence-corrected chi connectivity index (χ2v) is 11.6. The van der Waals surface area contributed by atoms with Gasteiger partial charge >= 0.3 is 6.03 Å². The highest BCUT2D eigenvalue weighted by atomic mass is 32.2. The van der Waals surface area contributed by atoms with E-state index in [-0.39, 0.29) is 17.8 Å². The Labute approximate surface area is 211 Å². The smallest absolute Gasteiger partial charge is 0.319 e. The molecule has 0 atom stereocenters. The Balaban J connectivity index is 1.34. The van der Waals surface area contributed by atoms with Crippen molar-refractivity contribution in [2.75, 3.05) is 57.0 Å². The minimum absolute atomic E-state index is 0.168. The third-order valence-electron chi connectivity index (χ3n) is 6.85. The van der Waals surface area contributed by atoms with Gasteiger partial charge in [0.2, 0.25) is 10.0 Å². The van der Waals surface area contributed by atoms with E-state index < -0.39 is 10.0 Å².